The Morgan fingerprint density at radius 1 is 1.05 bits per heavy atom. The van der Waals surface area contributed by atoms with Crippen LogP contribution in [0.5, 0.6) is 0 Å². The molecule has 0 aromatic heterocycles. The third-order valence-corrected chi connectivity index (χ3v) is 4.74. The van der Waals surface area contributed by atoms with Gasteiger partial charge in [-0.15, -0.1) is 0 Å². The molecule has 2 aliphatic rings. The van der Waals surface area contributed by atoms with Crippen LogP contribution in [0.4, 0.5) is 0 Å². The number of hydrogen-bond donors (Lipinski definition) is 0. The van der Waals surface area contributed by atoms with E-state index in [1.54, 1.807) is 0 Å². The summed E-state index contributed by atoms with van der Waals surface area (Å²) in [5, 5.41) is 0. The van der Waals surface area contributed by atoms with Crippen molar-refractivity contribution < 1.29 is 4.79 Å². The molecule has 2 bridgehead atoms. The minimum atomic E-state index is 0.479. The lowest BCUT2D eigenvalue weighted by Crippen LogP contribution is -2.51. The zero-order valence-corrected chi connectivity index (χ0v) is 11.8. The van der Waals surface area contributed by atoms with Crippen molar-refractivity contribution in [2.75, 3.05) is 0 Å². The summed E-state index contributed by atoms with van der Waals surface area (Å²) in [4.78, 5) is 14.3. The van der Waals surface area contributed by atoms with E-state index in [1.165, 1.54) is 30.4 Å². The van der Waals surface area contributed by atoms with Crippen LogP contribution in [0.3, 0.4) is 0 Å². The maximum Gasteiger partial charge on any atom is 0.136 e. The van der Waals surface area contributed by atoms with Crippen molar-refractivity contribution in [2.24, 2.45) is 0 Å². The Morgan fingerprint density at radius 3 is 2.21 bits per heavy atom. The highest BCUT2D eigenvalue weighted by molar-refractivity contribution is 5.80. The van der Waals surface area contributed by atoms with Crippen molar-refractivity contribution in [3.05, 3.63) is 35.4 Å². The standard InChI is InChI=1S/C17H23NO/c1-2-13-6-8-14(9-7-13)12-18-15-4-3-5-16(18)11-17(19)10-15/h6-9,15-16H,2-5,10-12H2,1H3. The smallest absolute Gasteiger partial charge is 0.136 e. The summed E-state index contributed by atoms with van der Waals surface area (Å²) in [5.41, 5.74) is 2.79. The molecule has 2 atom stereocenters. The molecule has 2 unspecified atom stereocenters. The Labute approximate surface area is 115 Å². The molecule has 0 aliphatic carbocycles. The molecule has 2 heteroatoms. The second-order valence-corrected chi connectivity index (χ2v) is 6.03. The van der Waals surface area contributed by atoms with Crippen molar-refractivity contribution in [1.29, 1.82) is 0 Å². The van der Waals surface area contributed by atoms with Gasteiger partial charge in [0.05, 0.1) is 0 Å². The molecule has 0 saturated carbocycles. The summed E-state index contributed by atoms with van der Waals surface area (Å²) < 4.78 is 0. The fourth-order valence-electron chi connectivity index (χ4n) is 3.62. The van der Waals surface area contributed by atoms with Crippen molar-refractivity contribution in [3.8, 4) is 0 Å². The highest BCUT2D eigenvalue weighted by atomic mass is 16.1. The molecular weight excluding hydrogens is 234 g/mol. The number of carbonyl (C=O) groups excluding carboxylic acids is 1. The first-order valence-corrected chi connectivity index (χ1v) is 7.61. The summed E-state index contributed by atoms with van der Waals surface area (Å²) in [6.07, 6.45) is 6.37. The van der Waals surface area contributed by atoms with E-state index in [1.807, 2.05) is 0 Å². The molecule has 19 heavy (non-hydrogen) atoms. The highest BCUT2D eigenvalue weighted by Crippen LogP contribution is 2.33. The molecule has 2 nitrogen and oxygen atoms in total. The second-order valence-electron chi connectivity index (χ2n) is 6.03. The number of carbonyl (C=O) groups is 1. The van der Waals surface area contributed by atoms with Crippen LogP contribution in [0.25, 0.3) is 0 Å². The van der Waals surface area contributed by atoms with E-state index >= 15 is 0 Å². The first-order chi connectivity index (χ1) is 9.26. The Morgan fingerprint density at radius 2 is 1.63 bits per heavy atom. The molecule has 1 aromatic carbocycles. The maximum absolute atomic E-state index is 11.7. The maximum atomic E-state index is 11.7. The zero-order valence-electron chi connectivity index (χ0n) is 11.8. The fourth-order valence-corrected chi connectivity index (χ4v) is 3.62. The molecule has 102 valence electrons. The highest BCUT2D eigenvalue weighted by Gasteiger charge is 2.37. The molecule has 0 N–H and O–H groups in total. The third kappa shape index (κ3) is 2.74. The number of benzene rings is 1. The topological polar surface area (TPSA) is 20.3 Å². The first-order valence-electron chi connectivity index (χ1n) is 7.61. The number of aryl methyl sites for hydroxylation is 1. The van der Waals surface area contributed by atoms with Crippen LogP contribution in [-0.4, -0.2) is 22.8 Å². The van der Waals surface area contributed by atoms with Crippen LogP contribution in [-0.2, 0) is 17.8 Å². The van der Waals surface area contributed by atoms with Gasteiger partial charge in [-0.1, -0.05) is 37.6 Å². The summed E-state index contributed by atoms with van der Waals surface area (Å²) in [6, 6.07) is 9.99. The molecule has 1 aromatic rings. The van der Waals surface area contributed by atoms with Gasteiger partial charge in [0, 0.05) is 31.5 Å². The number of Topliss-reactive ketones (excluding diaryl/α,β-unsaturated/α-hetero) is 1. The first kappa shape index (κ1) is 12.9. The van der Waals surface area contributed by atoms with E-state index in [2.05, 4.69) is 36.1 Å². The number of ketones is 1. The summed E-state index contributed by atoms with van der Waals surface area (Å²) in [5.74, 6) is 0.479. The molecule has 3 rings (SSSR count). The summed E-state index contributed by atoms with van der Waals surface area (Å²) >= 11 is 0. The molecule has 2 fully saturated rings. The van der Waals surface area contributed by atoms with Crippen LogP contribution in [0.1, 0.15) is 50.2 Å². The van der Waals surface area contributed by atoms with Crippen LogP contribution >= 0.6 is 0 Å². The quantitative estimate of drug-likeness (QED) is 0.827. The summed E-state index contributed by atoms with van der Waals surface area (Å²) in [7, 11) is 0. The average molecular weight is 257 g/mol. The van der Waals surface area contributed by atoms with Crippen molar-refractivity contribution in [1.82, 2.24) is 4.90 Å². The second kappa shape index (κ2) is 5.46. The zero-order chi connectivity index (χ0) is 13.2. The van der Waals surface area contributed by atoms with Gasteiger partial charge in [-0.2, -0.15) is 0 Å². The van der Waals surface area contributed by atoms with E-state index in [4.69, 9.17) is 0 Å². The SMILES string of the molecule is CCc1ccc(CN2C3CCCC2CC(=O)C3)cc1. The molecule has 0 spiro atoms. The van der Waals surface area contributed by atoms with E-state index in [0.717, 1.165) is 25.8 Å². The van der Waals surface area contributed by atoms with Gasteiger partial charge in [0.2, 0.25) is 0 Å². The minimum Gasteiger partial charge on any atom is -0.300 e. The Hall–Kier alpha value is -1.15. The molecular formula is C17H23NO. The van der Waals surface area contributed by atoms with Crippen molar-refractivity contribution in [2.45, 2.75) is 64.1 Å². The van der Waals surface area contributed by atoms with E-state index in [0.29, 0.717) is 17.9 Å². The molecule has 2 heterocycles. The number of rotatable bonds is 3. The number of piperidine rings is 2. The lowest BCUT2D eigenvalue weighted by Gasteiger charge is -2.45. The predicted octanol–water partition coefficient (Wildman–Crippen LogP) is 3.34. The largest absolute Gasteiger partial charge is 0.300 e. The molecule has 0 amide bonds. The van der Waals surface area contributed by atoms with Crippen molar-refractivity contribution in [3.63, 3.8) is 0 Å². The van der Waals surface area contributed by atoms with Crippen LogP contribution in [0.2, 0.25) is 0 Å². The van der Waals surface area contributed by atoms with Gasteiger partial charge in [-0.3, -0.25) is 9.69 Å². The van der Waals surface area contributed by atoms with Gasteiger partial charge in [0.25, 0.3) is 0 Å². The normalized spacial score (nSPS) is 27.5. The Bertz CT molecular complexity index is 435. The monoisotopic (exact) mass is 257 g/mol. The van der Waals surface area contributed by atoms with Gasteiger partial charge in [-0.05, 0) is 30.4 Å². The number of fused-ring (bicyclic) bond motifs is 2. The van der Waals surface area contributed by atoms with Crippen LogP contribution in [0.15, 0.2) is 24.3 Å². The predicted molar refractivity (Wildman–Crippen MR) is 77.0 cm³/mol. The van der Waals surface area contributed by atoms with E-state index < -0.39 is 0 Å². The number of nitrogens with zero attached hydrogens (tertiary/aromatic N) is 1. The van der Waals surface area contributed by atoms with Gasteiger partial charge in [0.15, 0.2) is 0 Å². The van der Waals surface area contributed by atoms with Gasteiger partial charge < -0.3 is 0 Å². The van der Waals surface area contributed by atoms with E-state index in [9.17, 15) is 4.79 Å². The van der Waals surface area contributed by atoms with Gasteiger partial charge in [0.1, 0.15) is 5.78 Å². The van der Waals surface area contributed by atoms with E-state index in [-0.39, 0.29) is 0 Å². The lowest BCUT2D eigenvalue weighted by molar-refractivity contribution is -0.127. The van der Waals surface area contributed by atoms with Crippen molar-refractivity contribution >= 4 is 5.78 Å². The van der Waals surface area contributed by atoms with Crippen LogP contribution < -0.4 is 0 Å². The summed E-state index contributed by atoms with van der Waals surface area (Å²) in [6.45, 7) is 3.21. The average Bonchev–Trinajstić information content (AvgIpc) is 2.41. The van der Waals surface area contributed by atoms with Crippen LogP contribution in [0, 0.1) is 0 Å². The Kier molecular flexibility index (Phi) is 3.69. The molecule has 2 aliphatic heterocycles. The number of hydrogen-bond acceptors (Lipinski definition) is 2. The molecule has 2 saturated heterocycles. The molecule has 0 radical (unpaired) electrons. The fraction of sp³-hybridized carbons (Fsp3) is 0.588. The van der Waals surface area contributed by atoms with Gasteiger partial charge >= 0.3 is 0 Å². The third-order valence-electron chi connectivity index (χ3n) is 4.74. The van der Waals surface area contributed by atoms with Gasteiger partial charge in [-0.25, -0.2) is 0 Å². The lowest BCUT2D eigenvalue weighted by atomic mass is 9.83. The minimum absolute atomic E-state index is 0.479. The Balaban J connectivity index is 1.72.